The molecule has 1 amide bonds. The minimum Gasteiger partial charge on any atom is -0.388 e. The molecule has 0 saturated heterocycles. The van der Waals surface area contributed by atoms with Gasteiger partial charge in [0.05, 0.1) is 0 Å². The van der Waals surface area contributed by atoms with Gasteiger partial charge >= 0.3 is 0 Å². The third-order valence-corrected chi connectivity index (χ3v) is 2.83. The lowest BCUT2D eigenvalue weighted by molar-refractivity contribution is 0.0950. The van der Waals surface area contributed by atoms with E-state index in [-0.39, 0.29) is 18.3 Å². The van der Waals surface area contributed by atoms with Crippen LogP contribution in [0.5, 0.6) is 0 Å². The quantitative estimate of drug-likeness (QED) is 0.885. The molecule has 0 aromatic heterocycles. The van der Waals surface area contributed by atoms with Crippen LogP contribution in [0.25, 0.3) is 0 Å². The summed E-state index contributed by atoms with van der Waals surface area (Å²) in [5, 5.41) is 5.67. The average molecular weight is 258 g/mol. The second kappa shape index (κ2) is 6.00. The summed E-state index contributed by atoms with van der Waals surface area (Å²) in [6.07, 6.45) is 0. The van der Waals surface area contributed by atoms with E-state index in [0.29, 0.717) is 11.1 Å². The molecule has 0 aliphatic rings. The van der Waals surface area contributed by atoms with Crippen molar-refractivity contribution in [3.63, 3.8) is 0 Å². The summed E-state index contributed by atoms with van der Waals surface area (Å²) in [6, 6.07) is 13.5. The Hall–Kier alpha value is -2.36. The topological polar surface area (TPSA) is 41.1 Å². The molecule has 0 spiro atoms. The molecule has 4 heteroatoms. The van der Waals surface area contributed by atoms with E-state index in [2.05, 4.69) is 10.6 Å². The number of rotatable bonds is 4. The fourth-order valence-corrected chi connectivity index (χ4v) is 1.71. The predicted molar refractivity (Wildman–Crippen MR) is 73.6 cm³/mol. The molecule has 19 heavy (non-hydrogen) atoms. The maximum Gasteiger partial charge on any atom is 0.251 e. The number of hydrogen-bond acceptors (Lipinski definition) is 2. The number of benzene rings is 2. The minimum atomic E-state index is -0.312. The van der Waals surface area contributed by atoms with Crippen LogP contribution in [0.4, 0.5) is 10.1 Å². The molecule has 0 bridgehead atoms. The summed E-state index contributed by atoms with van der Waals surface area (Å²) >= 11 is 0. The van der Waals surface area contributed by atoms with Crippen LogP contribution in [-0.2, 0) is 6.54 Å². The van der Waals surface area contributed by atoms with Gasteiger partial charge in [0.2, 0.25) is 0 Å². The van der Waals surface area contributed by atoms with Gasteiger partial charge < -0.3 is 10.6 Å². The zero-order valence-corrected chi connectivity index (χ0v) is 10.6. The number of carbonyl (C=O) groups excluding carboxylic acids is 1. The van der Waals surface area contributed by atoms with Crippen molar-refractivity contribution in [3.05, 3.63) is 65.5 Å². The maximum atomic E-state index is 13.4. The van der Waals surface area contributed by atoms with Crippen molar-refractivity contribution in [1.29, 1.82) is 0 Å². The Labute approximate surface area is 111 Å². The lowest BCUT2D eigenvalue weighted by Gasteiger charge is -2.07. The van der Waals surface area contributed by atoms with Gasteiger partial charge in [0.1, 0.15) is 5.82 Å². The monoisotopic (exact) mass is 258 g/mol. The molecule has 3 nitrogen and oxygen atoms in total. The molecule has 0 aliphatic carbocycles. The molecular weight excluding hydrogens is 243 g/mol. The van der Waals surface area contributed by atoms with Crippen molar-refractivity contribution >= 4 is 11.6 Å². The Balaban J connectivity index is 1.99. The van der Waals surface area contributed by atoms with Gasteiger partial charge in [-0.1, -0.05) is 18.2 Å². The van der Waals surface area contributed by atoms with Crippen molar-refractivity contribution in [2.24, 2.45) is 0 Å². The normalized spacial score (nSPS) is 10.0. The van der Waals surface area contributed by atoms with E-state index in [4.69, 9.17) is 0 Å². The van der Waals surface area contributed by atoms with Gasteiger partial charge in [-0.2, -0.15) is 0 Å². The summed E-state index contributed by atoms with van der Waals surface area (Å²) in [7, 11) is 1.81. The highest BCUT2D eigenvalue weighted by Gasteiger charge is 2.06. The first-order valence-corrected chi connectivity index (χ1v) is 6.00. The van der Waals surface area contributed by atoms with E-state index in [0.717, 1.165) is 5.69 Å². The SMILES string of the molecule is CNc1ccc(C(=O)NCc2ccccc2F)cc1. The molecule has 0 unspecified atom stereocenters. The smallest absolute Gasteiger partial charge is 0.251 e. The van der Waals surface area contributed by atoms with Gasteiger partial charge in [-0.15, -0.1) is 0 Å². The molecule has 0 atom stereocenters. The molecule has 0 aliphatic heterocycles. The number of carbonyl (C=O) groups is 1. The van der Waals surface area contributed by atoms with Gasteiger partial charge in [-0.3, -0.25) is 4.79 Å². The highest BCUT2D eigenvalue weighted by molar-refractivity contribution is 5.94. The molecule has 0 heterocycles. The van der Waals surface area contributed by atoms with E-state index < -0.39 is 0 Å². The highest BCUT2D eigenvalue weighted by atomic mass is 19.1. The fraction of sp³-hybridized carbons (Fsp3) is 0.133. The molecule has 0 fully saturated rings. The van der Waals surface area contributed by atoms with E-state index >= 15 is 0 Å². The van der Waals surface area contributed by atoms with Crippen LogP contribution in [0.1, 0.15) is 15.9 Å². The zero-order chi connectivity index (χ0) is 13.7. The van der Waals surface area contributed by atoms with Crippen LogP contribution >= 0.6 is 0 Å². The van der Waals surface area contributed by atoms with Crippen molar-refractivity contribution < 1.29 is 9.18 Å². The maximum absolute atomic E-state index is 13.4. The van der Waals surface area contributed by atoms with Gasteiger partial charge in [0, 0.05) is 30.4 Å². The third kappa shape index (κ3) is 3.31. The summed E-state index contributed by atoms with van der Waals surface area (Å²) in [5.74, 6) is -0.528. The first kappa shape index (κ1) is 13.1. The molecule has 0 saturated carbocycles. The summed E-state index contributed by atoms with van der Waals surface area (Å²) in [5.41, 5.74) is 1.96. The summed E-state index contributed by atoms with van der Waals surface area (Å²) < 4.78 is 13.4. The molecule has 2 N–H and O–H groups in total. The van der Waals surface area contributed by atoms with E-state index in [9.17, 15) is 9.18 Å². The van der Waals surface area contributed by atoms with E-state index in [1.165, 1.54) is 6.07 Å². The predicted octanol–water partition coefficient (Wildman–Crippen LogP) is 2.80. The molecule has 2 rings (SSSR count). The number of amides is 1. The van der Waals surface area contributed by atoms with Crippen molar-refractivity contribution in [2.75, 3.05) is 12.4 Å². The Bertz CT molecular complexity index is 567. The molecule has 0 radical (unpaired) electrons. The number of anilines is 1. The second-order valence-electron chi connectivity index (χ2n) is 4.10. The van der Waals surface area contributed by atoms with Crippen molar-refractivity contribution in [3.8, 4) is 0 Å². The fourth-order valence-electron chi connectivity index (χ4n) is 1.71. The van der Waals surface area contributed by atoms with Crippen LogP contribution in [0.2, 0.25) is 0 Å². The van der Waals surface area contributed by atoms with Gasteiger partial charge in [0.25, 0.3) is 5.91 Å². The lowest BCUT2D eigenvalue weighted by atomic mass is 10.1. The van der Waals surface area contributed by atoms with Gasteiger partial charge in [-0.05, 0) is 30.3 Å². The number of halogens is 1. The molecule has 2 aromatic carbocycles. The average Bonchev–Trinajstić information content (AvgIpc) is 2.46. The highest BCUT2D eigenvalue weighted by Crippen LogP contribution is 2.09. The van der Waals surface area contributed by atoms with Crippen LogP contribution < -0.4 is 10.6 Å². The van der Waals surface area contributed by atoms with E-state index in [1.54, 1.807) is 30.3 Å². The first-order chi connectivity index (χ1) is 9.20. The Kier molecular flexibility index (Phi) is 4.13. The van der Waals surface area contributed by atoms with Crippen LogP contribution in [-0.4, -0.2) is 13.0 Å². The molecular formula is C15H15FN2O. The minimum absolute atomic E-state index is 0.180. The Morgan fingerprint density at radius 1 is 1.11 bits per heavy atom. The summed E-state index contributed by atoms with van der Waals surface area (Å²) in [4.78, 5) is 11.9. The molecule has 2 aromatic rings. The van der Waals surface area contributed by atoms with Crippen molar-refractivity contribution in [1.82, 2.24) is 5.32 Å². The van der Waals surface area contributed by atoms with Gasteiger partial charge in [-0.25, -0.2) is 4.39 Å². The second-order valence-corrected chi connectivity index (χ2v) is 4.10. The standard InChI is InChI=1S/C15H15FN2O/c1-17-13-8-6-11(7-9-13)15(19)18-10-12-4-2-3-5-14(12)16/h2-9,17H,10H2,1H3,(H,18,19). The zero-order valence-electron chi connectivity index (χ0n) is 10.6. The third-order valence-electron chi connectivity index (χ3n) is 2.83. The van der Waals surface area contributed by atoms with E-state index in [1.807, 2.05) is 19.2 Å². The van der Waals surface area contributed by atoms with Crippen molar-refractivity contribution in [2.45, 2.75) is 6.54 Å². The Morgan fingerprint density at radius 3 is 2.42 bits per heavy atom. The van der Waals surface area contributed by atoms with Crippen LogP contribution in [0.15, 0.2) is 48.5 Å². The first-order valence-electron chi connectivity index (χ1n) is 6.00. The van der Waals surface area contributed by atoms with Crippen LogP contribution in [0.3, 0.4) is 0 Å². The van der Waals surface area contributed by atoms with Crippen LogP contribution in [0, 0.1) is 5.82 Å². The largest absolute Gasteiger partial charge is 0.388 e. The lowest BCUT2D eigenvalue weighted by Crippen LogP contribution is -2.23. The van der Waals surface area contributed by atoms with Gasteiger partial charge in [0.15, 0.2) is 0 Å². The summed E-state index contributed by atoms with van der Waals surface area (Å²) in [6.45, 7) is 0.180. The molecule has 98 valence electrons. The number of nitrogens with one attached hydrogen (secondary N) is 2. The Morgan fingerprint density at radius 2 is 1.79 bits per heavy atom. The number of hydrogen-bond donors (Lipinski definition) is 2.